The van der Waals surface area contributed by atoms with Crippen LogP contribution in [-0.2, 0) is 6.54 Å². The maximum atomic E-state index is 5.73. The van der Waals surface area contributed by atoms with Gasteiger partial charge in [-0.25, -0.2) is 0 Å². The van der Waals surface area contributed by atoms with Gasteiger partial charge in [0.15, 0.2) is 0 Å². The fourth-order valence-corrected chi connectivity index (χ4v) is 2.47. The Morgan fingerprint density at radius 3 is 2.37 bits per heavy atom. The van der Waals surface area contributed by atoms with Gasteiger partial charge < -0.3 is 5.73 Å². The summed E-state index contributed by atoms with van der Waals surface area (Å²) in [7, 11) is 2.14. The van der Waals surface area contributed by atoms with Crippen LogP contribution >= 0.6 is 15.9 Å². The van der Waals surface area contributed by atoms with Crippen LogP contribution < -0.4 is 5.73 Å². The second kappa shape index (κ2) is 6.22. The van der Waals surface area contributed by atoms with E-state index in [9.17, 15) is 0 Å². The van der Waals surface area contributed by atoms with Gasteiger partial charge in [-0.2, -0.15) is 0 Å². The lowest BCUT2D eigenvalue weighted by Gasteiger charge is -2.25. The molecule has 0 fully saturated rings. The number of anilines is 1. The molecule has 3 heteroatoms. The predicted octanol–water partition coefficient (Wildman–Crippen LogP) is 4.22. The molecular weight excluding hydrogens is 300 g/mol. The zero-order valence-electron chi connectivity index (χ0n) is 11.3. The van der Waals surface area contributed by atoms with Gasteiger partial charge in [0.25, 0.3) is 0 Å². The van der Waals surface area contributed by atoms with Gasteiger partial charge in [-0.05, 0) is 43.3 Å². The molecule has 0 aliphatic carbocycles. The molecule has 0 aromatic heterocycles. The van der Waals surface area contributed by atoms with Crippen LogP contribution in [0.25, 0.3) is 0 Å². The average Bonchev–Trinajstić information content (AvgIpc) is 2.41. The quantitative estimate of drug-likeness (QED) is 0.855. The first kappa shape index (κ1) is 14.1. The van der Waals surface area contributed by atoms with Crippen molar-refractivity contribution in [3.63, 3.8) is 0 Å². The molecule has 0 saturated heterocycles. The van der Waals surface area contributed by atoms with Gasteiger partial charge in [0.1, 0.15) is 0 Å². The van der Waals surface area contributed by atoms with Gasteiger partial charge in [-0.15, -0.1) is 0 Å². The number of nitrogens with zero attached hydrogens (tertiary/aromatic N) is 1. The highest BCUT2D eigenvalue weighted by molar-refractivity contribution is 9.10. The van der Waals surface area contributed by atoms with Crippen molar-refractivity contribution in [2.45, 2.75) is 19.5 Å². The molecule has 0 spiro atoms. The van der Waals surface area contributed by atoms with E-state index in [1.807, 2.05) is 18.2 Å². The molecule has 2 nitrogen and oxygen atoms in total. The minimum absolute atomic E-state index is 0.354. The Morgan fingerprint density at radius 1 is 1.11 bits per heavy atom. The molecule has 1 atom stereocenters. The van der Waals surface area contributed by atoms with Crippen LogP contribution in [-0.4, -0.2) is 11.9 Å². The second-order valence-electron chi connectivity index (χ2n) is 4.85. The van der Waals surface area contributed by atoms with Crippen LogP contribution in [0.4, 0.5) is 5.69 Å². The number of hydrogen-bond acceptors (Lipinski definition) is 2. The van der Waals surface area contributed by atoms with E-state index in [4.69, 9.17) is 5.73 Å². The van der Waals surface area contributed by atoms with Crippen molar-refractivity contribution >= 4 is 21.6 Å². The molecule has 1 unspecified atom stereocenters. The fourth-order valence-electron chi connectivity index (χ4n) is 2.06. The third-order valence-electron chi connectivity index (χ3n) is 3.46. The number of rotatable bonds is 4. The highest BCUT2D eigenvalue weighted by Gasteiger charge is 2.12. The molecular formula is C16H19BrN2. The Labute approximate surface area is 123 Å². The first-order chi connectivity index (χ1) is 9.08. The SMILES string of the molecule is CC(c1ccc(N)cc1)N(C)Cc1ccccc1Br. The number of halogens is 1. The Hall–Kier alpha value is -1.32. The Bertz CT molecular complexity index is 537. The number of nitrogen functional groups attached to an aromatic ring is 1. The molecule has 2 aromatic rings. The maximum Gasteiger partial charge on any atom is 0.0320 e. The first-order valence-electron chi connectivity index (χ1n) is 6.37. The maximum absolute atomic E-state index is 5.73. The van der Waals surface area contributed by atoms with Crippen molar-refractivity contribution in [1.29, 1.82) is 0 Å². The molecule has 2 N–H and O–H groups in total. The second-order valence-corrected chi connectivity index (χ2v) is 5.70. The van der Waals surface area contributed by atoms with Crippen molar-refractivity contribution in [2.75, 3.05) is 12.8 Å². The standard InChI is InChI=1S/C16H19BrN2/c1-12(13-7-9-15(18)10-8-13)19(2)11-14-5-3-4-6-16(14)17/h3-10,12H,11,18H2,1-2H3. The summed E-state index contributed by atoms with van der Waals surface area (Å²) in [4.78, 5) is 2.33. The molecule has 0 aliphatic heterocycles. The zero-order valence-corrected chi connectivity index (χ0v) is 12.9. The van der Waals surface area contributed by atoms with E-state index in [-0.39, 0.29) is 0 Å². The van der Waals surface area contributed by atoms with E-state index in [2.05, 4.69) is 65.1 Å². The minimum Gasteiger partial charge on any atom is -0.399 e. The Morgan fingerprint density at radius 2 is 1.74 bits per heavy atom. The molecule has 0 radical (unpaired) electrons. The summed E-state index contributed by atoms with van der Waals surface area (Å²) in [6.07, 6.45) is 0. The molecule has 0 bridgehead atoms. The minimum atomic E-state index is 0.354. The molecule has 0 saturated carbocycles. The van der Waals surface area contributed by atoms with Crippen molar-refractivity contribution < 1.29 is 0 Å². The van der Waals surface area contributed by atoms with Crippen LogP contribution in [0.1, 0.15) is 24.1 Å². The van der Waals surface area contributed by atoms with Crippen LogP contribution in [0.2, 0.25) is 0 Å². The van der Waals surface area contributed by atoms with E-state index in [0.717, 1.165) is 16.7 Å². The molecule has 19 heavy (non-hydrogen) atoms. The van der Waals surface area contributed by atoms with E-state index in [1.165, 1.54) is 11.1 Å². The molecule has 100 valence electrons. The molecule has 0 amide bonds. The molecule has 2 aromatic carbocycles. The predicted molar refractivity (Wildman–Crippen MR) is 84.9 cm³/mol. The normalized spacial score (nSPS) is 12.6. The summed E-state index contributed by atoms with van der Waals surface area (Å²) in [6.45, 7) is 3.12. The summed E-state index contributed by atoms with van der Waals surface area (Å²) in [5.41, 5.74) is 9.12. The lowest BCUT2D eigenvalue weighted by Crippen LogP contribution is -2.22. The number of nitrogens with two attached hydrogens (primary N) is 1. The number of benzene rings is 2. The summed E-state index contributed by atoms with van der Waals surface area (Å²) in [5, 5.41) is 0. The van der Waals surface area contributed by atoms with Crippen molar-refractivity contribution in [1.82, 2.24) is 4.90 Å². The van der Waals surface area contributed by atoms with Crippen molar-refractivity contribution in [3.8, 4) is 0 Å². The summed E-state index contributed by atoms with van der Waals surface area (Å²) in [5.74, 6) is 0. The Kier molecular flexibility index (Phi) is 4.61. The van der Waals surface area contributed by atoms with Crippen LogP contribution in [0.3, 0.4) is 0 Å². The number of hydrogen-bond donors (Lipinski definition) is 1. The first-order valence-corrected chi connectivity index (χ1v) is 7.16. The van der Waals surface area contributed by atoms with Crippen molar-refractivity contribution in [2.24, 2.45) is 0 Å². The highest BCUT2D eigenvalue weighted by Crippen LogP contribution is 2.24. The van der Waals surface area contributed by atoms with Gasteiger partial charge in [-0.1, -0.05) is 46.3 Å². The van der Waals surface area contributed by atoms with Crippen molar-refractivity contribution in [3.05, 3.63) is 64.1 Å². The van der Waals surface area contributed by atoms with E-state index in [1.54, 1.807) is 0 Å². The van der Waals surface area contributed by atoms with Gasteiger partial charge in [0.05, 0.1) is 0 Å². The fraction of sp³-hybridized carbons (Fsp3) is 0.250. The van der Waals surface area contributed by atoms with Gasteiger partial charge >= 0.3 is 0 Å². The van der Waals surface area contributed by atoms with E-state index in [0.29, 0.717) is 6.04 Å². The summed E-state index contributed by atoms with van der Waals surface area (Å²) < 4.78 is 1.16. The summed E-state index contributed by atoms with van der Waals surface area (Å²) in [6, 6.07) is 16.8. The molecule has 0 aliphatic rings. The zero-order chi connectivity index (χ0) is 13.8. The molecule has 0 heterocycles. The van der Waals surface area contributed by atoms with Gasteiger partial charge in [0, 0.05) is 22.7 Å². The van der Waals surface area contributed by atoms with E-state index < -0.39 is 0 Å². The monoisotopic (exact) mass is 318 g/mol. The average molecular weight is 319 g/mol. The lowest BCUT2D eigenvalue weighted by atomic mass is 10.1. The third kappa shape index (κ3) is 3.58. The Balaban J connectivity index is 2.09. The van der Waals surface area contributed by atoms with Crippen LogP contribution in [0, 0.1) is 0 Å². The highest BCUT2D eigenvalue weighted by atomic mass is 79.9. The third-order valence-corrected chi connectivity index (χ3v) is 4.23. The van der Waals surface area contributed by atoms with E-state index >= 15 is 0 Å². The smallest absolute Gasteiger partial charge is 0.0320 e. The largest absolute Gasteiger partial charge is 0.399 e. The lowest BCUT2D eigenvalue weighted by molar-refractivity contribution is 0.252. The van der Waals surface area contributed by atoms with Crippen LogP contribution in [0.15, 0.2) is 53.0 Å². The topological polar surface area (TPSA) is 29.3 Å². The molecule has 2 rings (SSSR count). The summed E-state index contributed by atoms with van der Waals surface area (Å²) >= 11 is 3.60. The van der Waals surface area contributed by atoms with Gasteiger partial charge in [-0.3, -0.25) is 4.90 Å². The van der Waals surface area contributed by atoms with Crippen LogP contribution in [0.5, 0.6) is 0 Å². The van der Waals surface area contributed by atoms with Gasteiger partial charge in [0.2, 0.25) is 0 Å².